The lowest BCUT2D eigenvalue weighted by Crippen LogP contribution is -2.37. The zero-order chi connectivity index (χ0) is 13.9. The Morgan fingerprint density at radius 1 is 1.40 bits per heavy atom. The molecule has 1 aliphatic heterocycles. The number of rotatable bonds is 4. The topological polar surface area (TPSA) is 82.6 Å². The van der Waals surface area contributed by atoms with Gasteiger partial charge in [0.1, 0.15) is 4.88 Å². The lowest BCUT2D eigenvalue weighted by Gasteiger charge is -2.30. The van der Waals surface area contributed by atoms with Crippen LogP contribution >= 0.6 is 11.5 Å². The summed E-state index contributed by atoms with van der Waals surface area (Å²) in [4.78, 5) is 7.79. The average Bonchev–Trinajstić information content (AvgIpc) is 3.08. The van der Waals surface area contributed by atoms with E-state index in [0.29, 0.717) is 0 Å². The molecule has 2 N–H and O–H groups in total. The van der Waals surface area contributed by atoms with E-state index in [0.717, 1.165) is 47.9 Å². The Kier molecular flexibility index (Phi) is 3.93. The number of anilines is 1. The Balaban J connectivity index is 1.68. The van der Waals surface area contributed by atoms with Crippen LogP contribution in [-0.2, 0) is 0 Å². The summed E-state index contributed by atoms with van der Waals surface area (Å²) in [5.41, 5.74) is 0.894. The number of hydrogen-bond donors (Lipinski definition) is 2. The standard InChI is InChI=1S/C12H19N7S/c1-8-10(20-18-15-8)11-14-12(17-16-11)19-5-3-9(4-6-19)7-13-2/h9,13H,3-7H2,1-2H3,(H,14,16,17). The second kappa shape index (κ2) is 5.84. The number of hydrogen-bond acceptors (Lipinski definition) is 7. The molecule has 0 atom stereocenters. The Bertz CT molecular complexity index is 556. The van der Waals surface area contributed by atoms with Crippen molar-refractivity contribution >= 4 is 17.5 Å². The van der Waals surface area contributed by atoms with Gasteiger partial charge in [0.15, 0.2) is 5.82 Å². The van der Waals surface area contributed by atoms with Crippen LogP contribution in [-0.4, -0.2) is 51.5 Å². The van der Waals surface area contributed by atoms with Crippen LogP contribution in [0.3, 0.4) is 0 Å². The number of nitrogens with one attached hydrogen (secondary N) is 2. The summed E-state index contributed by atoms with van der Waals surface area (Å²) in [5.74, 6) is 2.32. The molecule has 108 valence electrons. The normalized spacial score (nSPS) is 16.8. The van der Waals surface area contributed by atoms with Gasteiger partial charge in [-0.05, 0) is 50.8 Å². The molecule has 8 heteroatoms. The highest BCUT2D eigenvalue weighted by Crippen LogP contribution is 2.25. The van der Waals surface area contributed by atoms with E-state index in [1.165, 1.54) is 24.4 Å². The Morgan fingerprint density at radius 3 is 2.85 bits per heavy atom. The Hall–Kier alpha value is -1.54. The van der Waals surface area contributed by atoms with Gasteiger partial charge in [-0.2, -0.15) is 4.98 Å². The summed E-state index contributed by atoms with van der Waals surface area (Å²) >= 11 is 1.35. The smallest absolute Gasteiger partial charge is 0.245 e. The van der Waals surface area contributed by atoms with Gasteiger partial charge in [0.05, 0.1) is 5.69 Å². The third kappa shape index (κ3) is 2.66. The molecule has 0 aromatic carbocycles. The van der Waals surface area contributed by atoms with E-state index in [1.807, 2.05) is 14.0 Å². The van der Waals surface area contributed by atoms with Gasteiger partial charge >= 0.3 is 0 Å². The van der Waals surface area contributed by atoms with Crippen LogP contribution in [0.1, 0.15) is 18.5 Å². The first-order valence-corrected chi connectivity index (χ1v) is 7.66. The molecule has 1 aliphatic rings. The van der Waals surface area contributed by atoms with E-state index in [9.17, 15) is 0 Å². The van der Waals surface area contributed by atoms with E-state index < -0.39 is 0 Å². The molecule has 1 fully saturated rings. The zero-order valence-corrected chi connectivity index (χ0v) is 12.6. The van der Waals surface area contributed by atoms with Gasteiger partial charge in [-0.15, -0.1) is 10.2 Å². The number of aromatic amines is 1. The first-order chi connectivity index (χ1) is 9.78. The summed E-state index contributed by atoms with van der Waals surface area (Å²) in [6, 6.07) is 0. The van der Waals surface area contributed by atoms with Crippen molar-refractivity contribution in [1.82, 2.24) is 30.1 Å². The molecule has 2 aromatic rings. The maximum Gasteiger partial charge on any atom is 0.245 e. The number of aryl methyl sites for hydroxylation is 1. The molecule has 0 amide bonds. The molecular formula is C12H19N7S. The van der Waals surface area contributed by atoms with Gasteiger partial charge in [-0.25, -0.2) is 0 Å². The number of piperidine rings is 1. The fourth-order valence-electron chi connectivity index (χ4n) is 2.57. The Labute approximate surface area is 122 Å². The highest BCUT2D eigenvalue weighted by molar-refractivity contribution is 7.09. The van der Waals surface area contributed by atoms with Crippen molar-refractivity contribution in [3.8, 4) is 10.7 Å². The van der Waals surface area contributed by atoms with Crippen molar-refractivity contribution in [2.75, 3.05) is 31.6 Å². The third-order valence-electron chi connectivity index (χ3n) is 3.73. The van der Waals surface area contributed by atoms with Gasteiger partial charge < -0.3 is 10.2 Å². The average molecular weight is 293 g/mol. The first kappa shape index (κ1) is 13.4. The van der Waals surface area contributed by atoms with Crippen LogP contribution in [0.2, 0.25) is 0 Å². The minimum atomic E-state index is 0.766. The highest BCUT2D eigenvalue weighted by atomic mass is 32.1. The summed E-state index contributed by atoms with van der Waals surface area (Å²) in [7, 11) is 2.01. The molecule has 0 spiro atoms. The molecule has 0 aliphatic carbocycles. The summed E-state index contributed by atoms with van der Waals surface area (Å²) in [6.07, 6.45) is 2.37. The van der Waals surface area contributed by atoms with Crippen molar-refractivity contribution in [1.29, 1.82) is 0 Å². The van der Waals surface area contributed by atoms with Gasteiger partial charge in [-0.1, -0.05) is 4.49 Å². The molecular weight excluding hydrogens is 274 g/mol. The van der Waals surface area contributed by atoms with Crippen molar-refractivity contribution in [2.24, 2.45) is 5.92 Å². The van der Waals surface area contributed by atoms with E-state index in [2.05, 4.69) is 35.0 Å². The number of aromatic nitrogens is 5. The summed E-state index contributed by atoms with van der Waals surface area (Å²) < 4.78 is 3.93. The van der Waals surface area contributed by atoms with E-state index >= 15 is 0 Å². The third-order valence-corrected chi connectivity index (χ3v) is 4.57. The predicted octanol–water partition coefficient (Wildman–Crippen LogP) is 1.07. The van der Waals surface area contributed by atoms with Crippen molar-refractivity contribution < 1.29 is 0 Å². The SMILES string of the molecule is CNCC1CCN(c2n[nH]c(-c3snnc3C)n2)CC1. The fourth-order valence-corrected chi connectivity index (χ4v) is 3.17. The molecule has 3 heterocycles. The molecule has 0 radical (unpaired) electrons. The minimum absolute atomic E-state index is 0.766. The molecule has 3 rings (SSSR count). The van der Waals surface area contributed by atoms with Crippen LogP contribution < -0.4 is 10.2 Å². The Morgan fingerprint density at radius 2 is 2.20 bits per heavy atom. The highest BCUT2D eigenvalue weighted by Gasteiger charge is 2.22. The largest absolute Gasteiger partial charge is 0.340 e. The lowest BCUT2D eigenvalue weighted by atomic mass is 9.97. The van der Waals surface area contributed by atoms with Crippen molar-refractivity contribution in [3.05, 3.63) is 5.69 Å². The van der Waals surface area contributed by atoms with Crippen LogP contribution in [0.15, 0.2) is 0 Å². The molecule has 0 bridgehead atoms. The number of nitrogens with zero attached hydrogens (tertiary/aromatic N) is 5. The summed E-state index contributed by atoms with van der Waals surface area (Å²) in [5, 5.41) is 14.6. The maximum atomic E-state index is 4.58. The molecule has 1 saturated heterocycles. The fraction of sp³-hybridized carbons (Fsp3) is 0.667. The molecule has 7 nitrogen and oxygen atoms in total. The molecule has 2 aromatic heterocycles. The zero-order valence-electron chi connectivity index (χ0n) is 11.8. The van der Waals surface area contributed by atoms with Crippen molar-refractivity contribution in [3.63, 3.8) is 0 Å². The lowest BCUT2D eigenvalue weighted by molar-refractivity contribution is 0.391. The monoisotopic (exact) mass is 293 g/mol. The van der Waals surface area contributed by atoms with Gasteiger partial charge in [-0.3, -0.25) is 5.10 Å². The summed E-state index contributed by atoms with van der Waals surface area (Å²) in [6.45, 7) is 5.07. The van der Waals surface area contributed by atoms with E-state index in [-0.39, 0.29) is 0 Å². The van der Waals surface area contributed by atoms with Crippen LogP contribution in [0.5, 0.6) is 0 Å². The van der Waals surface area contributed by atoms with E-state index in [4.69, 9.17) is 0 Å². The van der Waals surface area contributed by atoms with Gasteiger partial charge in [0, 0.05) is 13.1 Å². The maximum absolute atomic E-state index is 4.58. The van der Waals surface area contributed by atoms with Gasteiger partial charge in [0.25, 0.3) is 0 Å². The van der Waals surface area contributed by atoms with Crippen LogP contribution in [0.25, 0.3) is 10.7 Å². The number of H-pyrrole nitrogens is 1. The minimum Gasteiger partial charge on any atom is -0.340 e. The van der Waals surface area contributed by atoms with Crippen molar-refractivity contribution in [2.45, 2.75) is 19.8 Å². The van der Waals surface area contributed by atoms with Gasteiger partial charge in [0.2, 0.25) is 5.95 Å². The second-order valence-electron chi connectivity index (χ2n) is 5.16. The van der Waals surface area contributed by atoms with Crippen LogP contribution in [0.4, 0.5) is 5.95 Å². The predicted molar refractivity (Wildman–Crippen MR) is 78.9 cm³/mol. The molecule has 0 unspecified atom stereocenters. The molecule has 20 heavy (non-hydrogen) atoms. The molecule has 0 saturated carbocycles. The second-order valence-corrected chi connectivity index (χ2v) is 5.91. The van der Waals surface area contributed by atoms with Crippen LogP contribution in [0, 0.1) is 12.8 Å². The first-order valence-electron chi connectivity index (χ1n) is 6.89. The quantitative estimate of drug-likeness (QED) is 0.877. The van der Waals surface area contributed by atoms with E-state index in [1.54, 1.807) is 0 Å².